The Morgan fingerprint density at radius 3 is 2.90 bits per heavy atom. The Hall–Kier alpha value is -1.22. The van der Waals surface area contributed by atoms with Gasteiger partial charge in [0.15, 0.2) is 11.5 Å². The van der Waals surface area contributed by atoms with Crippen LogP contribution in [0.25, 0.3) is 0 Å². The maximum atomic E-state index is 6.02. The molecule has 0 saturated heterocycles. The van der Waals surface area contributed by atoms with Crippen molar-refractivity contribution in [3.8, 4) is 11.5 Å². The lowest BCUT2D eigenvalue weighted by molar-refractivity contribution is 0.132. The van der Waals surface area contributed by atoms with E-state index in [1.54, 1.807) is 0 Å². The van der Waals surface area contributed by atoms with Crippen molar-refractivity contribution in [3.05, 3.63) is 23.8 Å². The van der Waals surface area contributed by atoms with Crippen molar-refractivity contribution in [1.29, 1.82) is 0 Å². The summed E-state index contributed by atoms with van der Waals surface area (Å²) in [5, 5.41) is 3.62. The predicted molar refractivity (Wildman–Crippen MR) is 85.2 cm³/mol. The Labute approximate surface area is 128 Å². The molecule has 1 aliphatic carbocycles. The summed E-state index contributed by atoms with van der Waals surface area (Å²) < 4.78 is 12.0. The van der Waals surface area contributed by atoms with Gasteiger partial charge in [-0.2, -0.15) is 0 Å². The molecule has 3 rings (SSSR count). The summed E-state index contributed by atoms with van der Waals surface area (Å²) in [5.41, 5.74) is 1.16. The van der Waals surface area contributed by atoms with E-state index in [4.69, 9.17) is 9.47 Å². The van der Waals surface area contributed by atoms with Crippen LogP contribution in [0.4, 0.5) is 0 Å². The van der Waals surface area contributed by atoms with E-state index in [1.807, 2.05) is 6.07 Å². The quantitative estimate of drug-likeness (QED) is 0.810. The van der Waals surface area contributed by atoms with Gasteiger partial charge in [-0.15, -0.1) is 0 Å². The van der Waals surface area contributed by atoms with Crippen molar-refractivity contribution in [2.75, 3.05) is 13.2 Å². The van der Waals surface area contributed by atoms with E-state index in [2.05, 4.69) is 31.3 Å². The number of benzene rings is 1. The zero-order chi connectivity index (χ0) is 14.7. The van der Waals surface area contributed by atoms with Gasteiger partial charge in [0.25, 0.3) is 0 Å². The van der Waals surface area contributed by atoms with Gasteiger partial charge in [0, 0.05) is 18.0 Å². The summed E-state index contributed by atoms with van der Waals surface area (Å²) in [6.45, 7) is 6.05. The monoisotopic (exact) mass is 289 g/mol. The van der Waals surface area contributed by atoms with E-state index in [9.17, 15) is 0 Å². The topological polar surface area (TPSA) is 30.5 Å². The summed E-state index contributed by atoms with van der Waals surface area (Å²) in [7, 11) is 0. The van der Waals surface area contributed by atoms with Gasteiger partial charge in [-0.25, -0.2) is 0 Å². The molecule has 3 heteroatoms. The zero-order valence-electron chi connectivity index (χ0n) is 13.3. The molecule has 0 spiro atoms. The molecule has 0 atom stereocenters. The van der Waals surface area contributed by atoms with Crippen molar-refractivity contribution in [3.63, 3.8) is 0 Å². The maximum absolute atomic E-state index is 6.02. The molecule has 1 saturated carbocycles. The van der Waals surface area contributed by atoms with Gasteiger partial charge in [-0.3, -0.25) is 0 Å². The molecule has 0 unspecified atom stereocenters. The molecule has 1 N–H and O–H groups in total. The van der Waals surface area contributed by atoms with Crippen LogP contribution in [-0.2, 0) is 6.42 Å². The van der Waals surface area contributed by atoms with E-state index < -0.39 is 0 Å². The lowest BCUT2D eigenvalue weighted by Crippen LogP contribution is -2.27. The summed E-state index contributed by atoms with van der Waals surface area (Å²) >= 11 is 0. The Morgan fingerprint density at radius 1 is 1.29 bits per heavy atom. The molecule has 0 bridgehead atoms. The van der Waals surface area contributed by atoms with Crippen LogP contribution in [0.5, 0.6) is 11.5 Å². The smallest absolute Gasteiger partial charge is 0.165 e. The van der Waals surface area contributed by atoms with Crippen molar-refractivity contribution in [2.45, 2.75) is 64.0 Å². The molecule has 1 heterocycles. The Morgan fingerprint density at radius 2 is 2.10 bits per heavy atom. The van der Waals surface area contributed by atoms with Gasteiger partial charge in [0.1, 0.15) is 5.60 Å². The van der Waals surface area contributed by atoms with Crippen LogP contribution in [0.2, 0.25) is 0 Å². The first-order chi connectivity index (χ1) is 10.1. The molecular formula is C18H27NO2. The van der Waals surface area contributed by atoms with Gasteiger partial charge in [0.2, 0.25) is 0 Å². The third kappa shape index (κ3) is 3.70. The molecule has 1 fully saturated rings. The van der Waals surface area contributed by atoms with Crippen molar-refractivity contribution >= 4 is 0 Å². The first-order valence-electron chi connectivity index (χ1n) is 8.31. The zero-order valence-corrected chi connectivity index (χ0v) is 13.3. The fourth-order valence-electron chi connectivity index (χ4n) is 3.39. The SMILES string of the molecule is CC1(C)Cc2cccc(OCCCNC3CCCC3)c2O1. The van der Waals surface area contributed by atoms with Crippen LogP contribution in [0.3, 0.4) is 0 Å². The van der Waals surface area contributed by atoms with Gasteiger partial charge < -0.3 is 14.8 Å². The standard InChI is InChI=1S/C18H27NO2/c1-18(2)13-14-7-5-10-16(17(14)21-18)20-12-6-11-19-15-8-3-4-9-15/h5,7,10,15,19H,3-4,6,8-9,11-13H2,1-2H3. The minimum Gasteiger partial charge on any atom is -0.490 e. The molecule has 1 aromatic rings. The van der Waals surface area contributed by atoms with Crippen LogP contribution in [0, 0.1) is 0 Å². The number of rotatable bonds is 6. The fraction of sp³-hybridized carbons (Fsp3) is 0.667. The fourth-order valence-corrected chi connectivity index (χ4v) is 3.39. The third-order valence-corrected chi connectivity index (χ3v) is 4.42. The minimum absolute atomic E-state index is 0.105. The van der Waals surface area contributed by atoms with Gasteiger partial charge >= 0.3 is 0 Å². The van der Waals surface area contributed by atoms with E-state index >= 15 is 0 Å². The molecule has 2 aliphatic rings. The van der Waals surface area contributed by atoms with E-state index in [-0.39, 0.29) is 5.60 Å². The molecule has 1 aliphatic heterocycles. The number of hydrogen-bond donors (Lipinski definition) is 1. The third-order valence-electron chi connectivity index (χ3n) is 4.42. The van der Waals surface area contributed by atoms with Crippen molar-refractivity contribution in [2.24, 2.45) is 0 Å². The van der Waals surface area contributed by atoms with Crippen molar-refractivity contribution < 1.29 is 9.47 Å². The van der Waals surface area contributed by atoms with Gasteiger partial charge in [-0.05, 0) is 45.7 Å². The average molecular weight is 289 g/mol. The number of ether oxygens (including phenoxy) is 2. The molecular weight excluding hydrogens is 262 g/mol. The summed E-state index contributed by atoms with van der Waals surface area (Å²) in [6, 6.07) is 6.97. The Bertz CT molecular complexity index is 478. The van der Waals surface area contributed by atoms with Gasteiger partial charge in [0.05, 0.1) is 6.61 Å². The normalized spacial score (nSPS) is 20.3. The van der Waals surface area contributed by atoms with Crippen LogP contribution in [0.15, 0.2) is 18.2 Å². The van der Waals surface area contributed by atoms with Crippen molar-refractivity contribution in [1.82, 2.24) is 5.32 Å². The highest BCUT2D eigenvalue weighted by molar-refractivity contribution is 5.50. The first kappa shape index (κ1) is 14.7. The van der Waals surface area contributed by atoms with Crippen LogP contribution in [0.1, 0.15) is 51.5 Å². The van der Waals surface area contributed by atoms with Crippen LogP contribution >= 0.6 is 0 Å². The Balaban J connectivity index is 1.45. The maximum Gasteiger partial charge on any atom is 0.165 e. The van der Waals surface area contributed by atoms with Crippen LogP contribution < -0.4 is 14.8 Å². The molecule has 3 nitrogen and oxygen atoms in total. The summed E-state index contributed by atoms with van der Waals surface area (Å²) in [6.07, 6.45) is 7.47. The van der Waals surface area contributed by atoms with E-state index in [1.165, 1.54) is 31.2 Å². The largest absolute Gasteiger partial charge is 0.490 e. The van der Waals surface area contributed by atoms with Gasteiger partial charge in [-0.1, -0.05) is 25.0 Å². The second kappa shape index (κ2) is 6.27. The summed E-state index contributed by atoms with van der Waals surface area (Å²) in [4.78, 5) is 0. The molecule has 21 heavy (non-hydrogen) atoms. The highest BCUT2D eigenvalue weighted by atomic mass is 16.5. The highest BCUT2D eigenvalue weighted by Crippen LogP contribution is 2.41. The average Bonchev–Trinajstić information content (AvgIpc) is 3.04. The number of hydrogen-bond acceptors (Lipinski definition) is 3. The number of para-hydroxylation sites is 1. The van der Waals surface area contributed by atoms with E-state index in [0.29, 0.717) is 0 Å². The second-order valence-corrected chi connectivity index (χ2v) is 6.92. The lowest BCUT2D eigenvalue weighted by atomic mass is 10.0. The molecule has 0 radical (unpaired) electrons. The number of fused-ring (bicyclic) bond motifs is 1. The Kier molecular flexibility index (Phi) is 4.39. The molecule has 1 aromatic carbocycles. The van der Waals surface area contributed by atoms with Crippen LogP contribution in [-0.4, -0.2) is 24.8 Å². The molecule has 116 valence electrons. The minimum atomic E-state index is -0.105. The molecule has 0 aromatic heterocycles. The second-order valence-electron chi connectivity index (χ2n) is 6.92. The van der Waals surface area contributed by atoms with E-state index in [0.717, 1.165) is 43.5 Å². The summed E-state index contributed by atoms with van der Waals surface area (Å²) in [5.74, 6) is 1.85. The highest BCUT2D eigenvalue weighted by Gasteiger charge is 2.32. The lowest BCUT2D eigenvalue weighted by Gasteiger charge is -2.18. The first-order valence-corrected chi connectivity index (χ1v) is 8.31. The predicted octanol–water partition coefficient (Wildman–Crippen LogP) is 3.70. The molecule has 0 amide bonds. The number of nitrogens with one attached hydrogen (secondary N) is 1.